The van der Waals surface area contributed by atoms with E-state index in [2.05, 4.69) is 52.8 Å². The average Bonchev–Trinajstić information content (AvgIpc) is 2.50. The highest BCUT2D eigenvalue weighted by Gasteiger charge is 2.30. The molecule has 0 bridgehead atoms. The molecule has 27 heavy (non-hydrogen) atoms. The van der Waals surface area contributed by atoms with Crippen LogP contribution in [0, 0.1) is 5.41 Å². The van der Waals surface area contributed by atoms with Gasteiger partial charge in [0.2, 0.25) is 10.0 Å². The molecule has 0 heterocycles. The first-order valence-electron chi connectivity index (χ1n) is 9.39. The summed E-state index contributed by atoms with van der Waals surface area (Å²) in [5, 5.41) is 0. The van der Waals surface area contributed by atoms with Crippen molar-refractivity contribution in [1.82, 2.24) is 4.72 Å². The molecule has 0 amide bonds. The monoisotopic (exact) mass is 395 g/mol. The third-order valence-corrected chi connectivity index (χ3v) is 6.01. The topological polar surface area (TPSA) is 55.4 Å². The van der Waals surface area contributed by atoms with Gasteiger partial charge in [-0.1, -0.05) is 61.5 Å². The van der Waals surface area contributed by atoms with Crippen LogP contribution in [0.2, 0.25) is 0 Å². The van der Waals surface area contributed by atoms with Gasteiger partial charge in [-0.25, -0.2) is 13.1 Å². The number of sulfonamides is 1. The minimum Gasteiger partial charge on any atom is -0.496 e. The quantitative estimate of drug-likeness (QED) is 0.648. The van der Waals surface area contributed by atoms with E-state index in [1.807, 2.05) is 19.9 Å². The SMILES string of the molecule is C=CCC(C)(C)CNS(=O)(=O)c1cc(C(C)(C)C)c(OC)c(C(C)(C)C)c1. The summed E-state index contributed by atoms with van der Waals surface area (Å²) in [6.45, 7) is 20.5. The first kappa shape index (κ1) is 23.7. The maximum atomic E-state index is 13.1. The largest absolute Gasteiger partial charge is 0.496 e. The summed E-state index contributed by atoms with van der Waals surface area (Å²) in [6.07, 6.45) is 2.55. The van der Waals surface area contributed by atoms with E-state index in [1.165, 1.54) is 0 Å². The van der Waals surface area contributed by atoms with Crippen LogP contribution in [0.15, 0.2) is 29.7 Å². The lowest BCUT2D eigenvalue weighted by Gasteiger charge is -2.30. The number of methoxy groups -OCH3 is 1. The van der Waals surface area contributed by atoms with E-state index >= 15 is 0 Å². The van der Waals surface area contributed by atoms with Crippen LogP contribution < -0.4 is 9.46 Å². The summed E-state index contributed by atoms with van der Waals surface area (Å²) in [7, 11) is -2.00. The van der Waals surface area contributed by atoms with Gasteiger partial charge in [0.25, 0.3) is 0 Å². The van der Waals surface area contributed by atoms with Crippen LogP contribution >= 0.6 is 0 Å². The fourth-order valence-electron chi connectivity index (χ4n) is 2.93. The summed E-state index contributed by atoms with van der Waals surface area (Å²) in [5.41, 5.74) is 1.09. The highest BCUT2D eigenvalue weighted by Crippen LogP contribution is 2.41. The highest BCUT2D eigenvalue weighted by molar-refractivity contribution is 7.89. The highest BCUT2D eigenvalue weighted by atomic mass is 32.2. The van der Waals surface area contributed by atoms with Crippen LogP contribution in [-0.2, 0) is 20.9 Å². The fraction of sp³-hybridized carbons (Fsp3) is 0.636. The Morgan fingerprint density at radius 3 is 1.78 bits per heavy atom. The molecule has 0 spiro atoms. The molecule has 1 aromatic rings. The summed E-state index contributed by atoms with van der Waals surface area (Å²) in [4.78, 5) is 0.285. The van der Waals surface area contributed by atoms with Crippen LogP contribution in [0.25, 0.3) is 0 Å². The van der Waals surface area contributed by atoms with E-state index in [4.69, 9.17) is 4.74 Å². The molecule has 1 aromatic carbocycles. The standard InChI is InChI=1S/C22H37NO3S/c1-11-12-22(8,9)15-23-27(24,25)16-13-17(20(2,3)4)19(26-10)18(14-16)21(5,6)7/h11,13-14,23H,1,12,15H2,2-10H3. The first-order chi connectivity index (χ1) is 12.0. The van der Waals surface area contributed by atoms with Gasteiger partial charge in [0.1, 0.15) is 5.75 Å². The van der Waals surface area contributed by atoms with Crippen LogP contribution in [0.5, 0.6) is 5.75 Å². The smallest absolute Gasteiger partial charge is 0.240 e. The molecule has 4 nitrogen and oxygen atoms in total. The van der Waals surface area contributed by atoms with Crippen molar-refractivity contribution in [3.8, 4) is 5.75 Å². The Balaban J connectivity index is 3.53. The third-order valence-electron chi connectivity index (χ3n) is 4.63. The predicted molar refractivity (Wildman–Crippen MR) is 114 cm³/mol. The molecule has 0 aromatic heterocycles. The minimum atomic E-state index is -3.64. The van der Waals surface area contributed by atoms with Gasteiger partial charge in [-0.2, -0.15) is 0 Å². The van der Waals surface area contributed by atoms with Crippen molar-refractivity contribution in [2.24, 2.45) is 5.41 Å². The van der Waals surface area contributed by atoms with Crippen molar-refractivity contribution in [3.05, 3.63) is 35.9 Å². The molecule has 0 aliphatic carbocycles. The molecule has 5 heteroatoms. The first-order valence-corrected chi connectivity index (χ1v) is 10.9. The normalized spacial score (nSPS) is 13.5. The molecule has 0 aliphatic heterocycles. The lowest BCUT2D eigenvalue weighted by atomic mass is 9.79. The van der Waals surface area contributed by atoms with E-state index in [0.29, 0.717) is 6.54 Å². The molecular formula is C22H37NO3S. The van der Waals surface area contributed by atoms with Crippen molar-refractivity contribution in [2.75, 3.05) is 13.7 Å². The molecule has 154 valence electrons. The molecule has 1 rings (SSSR count). The number of nitrogens with one attached hydrogen (secondary N) is 1. The third kappa shape index (κ3) is 6.08. The zero-order valence-electron chi connectivity index (χ0n) is 18.5. The Hall–Kier alpha value is -1.33. The van der Waals surface area contributed by atoms with Crippen molar-refractivity contribution in [1.29, 1.82) is 0 Å². The second-order valence-electron chi connectivity index (χ2n) is 10.0. The van der Waals surface area contributed by atoms with Gasteiger partial charge in [-0.05, 0) is 34.8 Å². The lowest BCUT2D eigenvalue weighted by Crippen LogP contribution is -2.34. The summed E-state index contributed by atoms with van der Waals surface area (Å²) in [5.74, 6) is 0.765. The van der Waals surface area contributed by atoms with Crippen LogP contribution in [-0.4, -0.2) is 22.1 Å². The van der Waals surface area contributed by atoms with Crippen LogP contribution in [0.1, 0.15) is 72.9 Å². The van der Waals surface area contributed by atoms with E-state index in [9.17, 15) is 8.42 Å². The predicted octanol–water partition coefficient (Wildman–Crippen LogP) is 5.17. The maximum Gasteiger partial charge on any atom is 0.240 e. The van der Waals surface area contributed by atoms with Gasteiger partial charge in [0.15, 0.2) is 0 Å². The summed E-state index contributed by atoms with van der Waals surface area (Å²) in [6, 6.07) is 3.49. The number of hydrogen-bond acceptors (Lipinski definition) is 3. The van der Waals surface area contributed by atoms with Gasteiger partial charge >= 0.3 is 0 Å². The summed E-state index contributed by atoms with van der Waals surface area (Å²) < 4.78 is 34.6. The van der Waals surface area contributed by atoms with Crippen molar-refractivity contribution in [3.63, 3.8) is 0 Å². The van der Waals surface area contributed by atoms with Crippen molar-refractivity contribution < 1.29 is 13.2 Å². The molecule has 0 fully saturated rings. The van der Waals surface area contributed by atoms with Gasteiger partial charge in [-0.3, -0.25) is 0 Å². The molecule has 1 N–H and O–H groups in total. The molecule has 0 atom stereocenters. The van der Waals surface area contributed by atoms with Crippen LogP contribution in [0.3, 0.4) is 0 Å². The Kier molecular flexibility index (Phi) is 6.99. The van der Waals surface area contributed by atoms with Crippen molar-refractivity contribution >= 4 is 10.0 Å². The molecule has 0 radical (unpaired) electrons. The number of allylic oxidation sites excluding steroid dienone is 1. The van der Waals surface area contributed by atoms with Crippen LogP contribution in [0.4, 0.5) is 0 Å². The van der Waals surface area contributed by atoms with Gasteiger partial charge in [0.05, 0.1) is 12.0 Å². The van der Waals surface area contributed by atoms with Gasteiger partial charge in [0, 0.05) is 17.7 Å². The van der Waals surface area contributed by atoms with E-state index in [-0.39, 0.29) is 21.1 Å². The Morgan fingerprint density at radius 2 is 1.44 bits per heavy atom. The van der Waals surface area contributed by atoms with Crippen molar-refractivity contribution in [2.45, 2.75) is 77.5 Å². The molecule has 0 unspecified atom stereocenters. The number of ether oxygens (including phenoxy) is 1. The summed E-state index contributed by atoms with van der Waals surface area (Å²) >= 11 is 0. The van der Waals surface area contributed by atoms with E-state index in [0.717, 1.165) is 23.3 Å². The number of rotatable bonds is 7. The maximum absolute atomic E-state index is 13.1. The second kappa shape index (κ2) is 7.96. The van der Waals surface area contributed by atoms with Gasteiger partial charge in [-0.15, -0.1) is 6.58 Å². The Morgan fingerprint density at radius 1 is 1.00 bits per heavy atom. The Labute approximate surface area is 166 Å². The minimum absolute atomic E-state index is 0.193. The van der Waals surface area contributed by atoms with E-state index in [1.54, 1.807) is 19.2 Å². The molecular weight excluding hydrogens is 358 g/mol. The average molecular weight is 396 g/mol. The molecule has 0 aliphatic rings. The Bertz CT molecular complexity index is 744. The fourth-order valence-corrected chi connectivity index (χ4v) is 4.22. The zero-order chi connectivity index (χ0) is 21.3. The second-order valence-corrected chi connectivity index (χ2v) is 11.8. The lowest BCUT2D eigenvalue weighted by molar-refractivity contribution is 0.368. The number of benzene rings is 1. The van der Waals surface area contributed by atoms with Gasteiger partial charge < -0.3 is 4.74 Å². The van der Waals surface area contributed by atoms with E-state index < -0.39 is 10.0 Å². The molecule has 0 saturated heterocycles. The zero-order valence-corrected chi connectivity index (χ0v) is 19.3. The number of hydrogen-bond donors (Lipinski definition) is 1. The molecule has 0 saturated carbocycles.